The van der Waals surface area contributed by atoms with E-state index >= 15 is 0 Å². The van der Waals surface area contributed by atoms with Gasteiger partial charge in [0.15, 0.2) is 0 Å². The van der Waals surface area contributed by atoms with Crippen molar-refractivity contribution in [1.82, 2.24) is 4.57 Å². The van der Waals surface area contributed by atoms with Gasteiger partial charge in [-0.3, -0.25) is 4.79 Å². The Morgan fingerprint density at radius 3 is 2.49 bits per heavy atom. The van der Waals surface area contributed by atoms with Gasteiger partial charge in [-0.15, -0.1) is 0 Å². The number of ether oxygens (including phenoxy) is 2. The molecule has 1 unspecified atom stereocenters. The summed E-state index contributed by atoms with van der Waals surface area (Å²) in [4.78, 5) is 11.2. The quantitative estimate of drug-likeness (QED) is 0.345. The second-order valence-corrected chi connectivity index (χ2v) is 9.35. The molecule has 0 bridgehead atoms. The lowest BCUT2D eigenvalue weighted by molar-refractivity contribution is -0.139. The van der Waals surface area contributed by atoms with Gasteiger partial charge in [0.2, 0.25) is 0 Å². The SMILES string of the molecule is CC(C)Oc1ccc(COc2ccc3c(c2)c(Cl)c2n3CCC2CC(=O)O)cc1C(F)(F)F.NCCN. The summed E-state index contributed by atoms with van der Waals surface area (Å²) in [5, 5.41) is 10.4. The van der Waals surface area contributed by atoms with Crippen molar-refractivity contribution in [2.45, 2.75) is 58.0 Å². The number of rotatable bonds is 8. The minimum atomic E-state index is -4.55. The Morgan fingerprint density at radius 2 is 1.89 bits per heavy atom. The third kappa shape index (κ3) is 6.88. The highest BCUT2D eigenvalue weighted by atomic mass is 35.5. The van der Waals surface area contributed by atoms with Gasteiger partial charge in [0.25, 0.3) is 0 Å². The standard InChI is InChI=1S/C24H23ClF3NO4.C2H8N2/c1-13(2)33-20-6-3-14(9-18(20)24(26,27)28)12-32-16-4-5-19-17(11-16)22(25)23-15(10-21(30)31)7-8-29(19)23;3-1-2-4/h3-6,9,11,13,15H,7-8,10,12H2,1-2H3,(H,30,31);1-4H2. The van der Waals surface area contributed by atoms with Gasteiger partial charge in [0, 0.05) is 36.6 Å². The average Bonchev–Trinajstić information content (AvgIpc) is 3.36. The first-order chi connectivity index (χ1) is 17.5. The zero-order chi connectivity index (χ0) is 27.3. The van der Waals surface area contributed by atoms with Crippen molar-refractivity contribution in [3.05, 3.63) is 58.2 Å². The summed E-state index contributed by atoms with van der Waals surface area (Å²) in [5.74, 6) is -0.783. The van der Waals surface area contributed by atoms with Crippen LogP contribution in [0.4, 0.5) is 13.2 Å². The van der Waals surface area contributed by atoms with Crippen LogP contribution in [0.3, 0.4) is 0 Å². The van der Waals surface area contributed by atoms with Gasteiger partial charge in [0.1, 0.15) is 18.1 Å². The van der Waals surface area contributed by atoms with Gasteiger partial charge in [0.05, 0.1) is 28.6 Å². The number of hydrogen-bond acceptors (Lipinski definition) is 5. The van der Waals surface area contributed by atoms with Crippen molar-refractivity contribution in [2.75, 3.05) is 13.1 Å². The zero-order valence-electron chi connectivity index (χ0n) is 20.6. The maximum atomic E-state index is 13.5. The number of nitrogens with zero attached hydrogens (tertiary/aromatic N) is 1. The first-order valence-corrected chi connectivity index (χ1v) is 12.3. The van der Waals surface area contributed by atoms with E-state index in [0.29, 0.717) is 42.4 Å². The van der Waals surface area contributed by atoms with E-state index in [-0.39, 0.29) is 30.8 Å². The summed E-state index contributed by atoms with van der Waals surface area (Å²) in [7, 11) is 0. The van der Waals surface area contributed by atoms with Crippen molar-refractivity contribution in [1.29, 1.82) is 0 Å². The number of carboxylic acid groups (broad SMARTS) is 1. The third-order valence-electron chi connectivity index (χ3n) is 5.80. The molecule has 1 aliphatic heterocycles. The number of aromatic nitrogens is 1. The molecule has 2 aromatic carbocycles. The largest absolute Gasteiger partial charge is 0.490 e. The Morgan fingerprint density at radius 1 is 1.19 bits per heavy atom. The maximum Gasteiger partial charge on any atom is 0.419 e. The number of fused-ring (bicyclic) bond motifs is 3. The van der Waals surface area contributed by atoms with Crippen LogP contribution in [-0.2, 0) is 24.1 Å². The Bertz CT molecular complexity index is 1240. The molecule has 0 spiro atoms. The minimum Gasteiger partial charge on any atom is -0.490 e. The van der Waals surface area contributed by atoms with Crippen molar-refractivity contribution >= 4 is 28.5 Å². The molecule has 7 nitrogen and oxygen atoms in total. The molecule has 4 rings (SSSR count). The van der Waals surface area contributed by atoms with Crippen LogP contribution in [0.1, 0.15) is 49.4 Å². The van der Waals surface area contributed by atoms with Gasteiger partial charge in [-0.05, 0) is 56.2 Å². The van der Waals surface area contributed by atoms with Crippen LogP contribution < -0.4 is 20.9 Å². The van der Waals surface area contributed by atoms with Gasteiger partial charge in [-0.1, -0.05) is 17.7 Å². The second kappa shape index (κ2) is 12.1. The lowest BCUT2D eigenvalue weighted by Crippen LogP contribution is -2.13. The van der Waals surface area contributed by atoms with Gasteiger partial charge >= 0.3 is 12.1 Å². The monoisotopic (exact) mass is 541 g/mol. The number of aliphatic carboxylic acids is 1. The number of aryl methyl sites for hydroxylation is 1. The molecule has 0 amide bonds. The molecule has 0 saturated carbocycles. The van der Waals surface area contributed by atoms with E-state index in [1.54, 1.807) is 32.0 Å². The molecule has 11 heteroatoms. The fourth-order valence-electron chi connectivity index (χ4n) is 4.29. The highest BCUT2D eigenvalue weighted by molar-refractivity contribution is 6.36. The van der Waals surface area contributed by atoms with Crippen molar-refractivity contribution in [2.24, 2.45) is 11.5 Å². The van der Waals surface area contributed by atoms with Crippen molar-refractivity contribution < 1.29 is 32.5 Å². The van der Waals surface area contributed by atoms with E-state index in [4.69, 9.17) is 37.6 Å². The smallest absolute Gasteiger partial charge is 0.419 e. The summed E-state index contributed by atoms with van der Waals surface area (Å²) in [6, 6.07) is 9.19. The van der Waals surface area contributed by atoms with Crippen LogP contribution in [0.25, 0.3) is 10.9 Å². The first-order valence-electron chi connectivity index (χ1n) is 11.9. The van der Waals surface area contributed by atoms with E-state index in [0.717, 1.165) is 22.7 Å². The van der Waals surface area contributed by atoms with E-state index in [1.807, 2.05) is 10.6 Å². The zero-order valence-corrected chi connectivity index (χ0v) is 21.4. The van der Waals surface area contributed by atoms with E-state index in [1.165, 1.54) is 6.07 Å². The van der Waals surface area contributed by atoms with Gasteiger partial charge in [-0.25, -0.2) is 0 Å². The van der Waals surface area contributed by atoms with E-state index in [2.05, 4.69) is 0 Å². The molecule has 0 aliphatic carbocycles. The number of hydrogen-bond donors (Lipinski definition) is 3. The molecule has 1 aliphatic rings. The van der Waals surface area contributed by atoms with Crippen LogP contribution >= 0.6 is 11.6 Å². The molecule has 0 fully saturated rings. The molecule has 2 heterocycles. The number of halogens is 4. The molecule has 1 aromatic heterocycles. The number of benzene rings is 2. The van der Waals surface area contributed by atoms with Crippen LogP contribution in [0.5, 0.6) is 11.5 Å². The minimum absolute atomic E-state index is 0.0114. The highest BCUT2D eigenvalue weighted by Gasteiger charge is 2.35. The Kier molecular flexibility index (Phi) is 9.33. The lowest BCUT2D eigenvalue weighted by Gasteiger charge is -2.17. The summed E-state index contributed by atoms with van der Waals surface area (Å²) in [6.45, 7) is 5.14. The predicted molar refractivity (Wildman–Crippen MR) is 136 cm³/mol. The number of nitrogens with two attached hydrogens (primary N) is 2. The molecule has 0 radical (unpaired) electrons. The molecular weight excluding hydrogens is 511 g/mol. The molecule has 1 atom stereocenters. The lowest BCUT2D eigenvalue weighted by atomic mass is 10.0. The Hall–Kier alpha value is -2.95. The number of carboxylic acids is 1. The summed E-state index contributed by atoms with van der Waals surface area (Å²) in [5.41, 5.74) is 11.0. The maximum absolute atomic E-state index is 13.5. The van der Waals surface area contributed by atoms with Crippen LogP contribution in [0, 0.1) is 0 Å². The van der Waals surface area contributed by atoms with Crippen LogP contribution in [0.2, 0.25) is 5.02 Å². The molecule has 202 valence electrons. The molecule has 3 aromatic rings. The van der Waals surface area contributed by atoms with Crippen molar-refractivity contribution in [3.63, 3.8) is 0 Å². The van der Waals surface area contributed by atoms with Gasteiger partial charge in [-0.2, -0.15) is 13.2 Å². The molecule has 5 N–H and O–H groups in total. The molecule has 37 heavy (non-hydrogen) atoms. The van der Waals surface area contributed by atoms with Crippen molar-refractivity contribution in [3.8, 4) is 11.5 Å². The topological polar surface area (TPSA) is 113 Å². The summed E-state index contributed by atoms with van der Waals surface area (Å²) >= 11 is 6.59. The highest BCUT2D eigenvalue weighted by Crippen LogP contribution is 2.44. The van der Waals surface area contributed by atoms with Gasteiger partial charge < -0.3 is 30.6 Å². The Balaban J connectivity index is 0.000000886. The first kappa shape index (κ1) is 28.6. The Labute approximate surface area is 218 Å². The predicted octanol–water partition coefficient (Wildman–Crippen LogP) is 5.55. The van der Waals surface area contributed by atoms with Crippen LogP contribution in [0.15, 0.2) is 36.4 Å². The van der Waals surface area contributed by atoms with E-state index < -0.39 is 17.7 Å². The number of alkyl halides is 3. The fraction of sp³-hybridized carbons (Fsp3) is 0.423. The fourth-order valence-corrected chi connectivity index (χ4v) is 4.69. The summed E-state index contributed by atoms with van der Waals surface area (Å²) < 4.78 is 53.5. The third-order valence-corrected chi connectivity index (χ3v) is 6.20. The molecule has 0 saturated heterocycles. The van der Waals surface area contributed by atoms with E-state index in [9.17, 15) is 18.0 Å². The second-order valence-electron chi connectivity index (χ2n) is 8.97. The number of carbonyl (C=O) groups is 1. The van der Waals surface area contributed by atoms with Crippen LogP contribution in [-0.4, -0.2) is 34.8 Å². The molecular formula is C26H31ClF3N3O4. The average molecular weight is 542 g/mol. The normalized spacial score (nSPS) is 14.9. The summed E-state index contributed by atoms with van der Waals surface area (Å²) in [6.07, 6.45) is -4.21.